The molecule has 0 aliphatic carbocycles. The highest BCUT2D eigenvalue weighted by molar-refractivity contribution is 5.63. The fourth-order valence-electron chi connectivity index (χ4n) is 2.42. The molecule has 2 aromatic carbocycles. The van der Waals surface area contributed by atoms with E-state index in [9.17, 15) is 0 Å². The summed E-state index contributed by atoms with van der Waals surface area (Å²) in [5.74, 6) is 0. The van der Waals surface area contributed by atoms with Crippen molar-refractivity contribution in [3.63, 3.8) is 0 Å². The second-order valence-corrected chi connectivity index (χ2v) is 5.08. The quantitative estimate of drug-likeness (QED) is 0.865. The van der Waals surface area contributed by atoms with Crippen molar-refractivity contribution >= 4 is 0 Å². The van der Waals surface area contributed by atoms with Gasteiger partial charge in [-0.15, -0.1) is 0 Å². The summed E-state index contributed by atoms with van der Waals surface area (Å²) < 4.78 is 0. The van der Waals surface area contributed by atoms with Crippen LogP contribution in [0.3, 0.4) is 0 Å². The largest absolute Gasteiger partial charge is 0.323 e. The monoisotopic (exact) mass is 268 g/mol. The first kappa shape index (κ1) is 14.8. The van der Waals surface area contributed by atoms with Crippen LogP contribution in [0.4, 0.5) is 0 Å². The van der Waals surface area contributed by atoms with E-state index in [1.54, 1.807) is 0 Å². The second-order valence-electron chi connectivity index (χ2n) is 5.08. The van der Waals surface area contributed by atoms with E-state index in [1.165, 1.54) is 16.7 Å². The molecule has 2 N–H and O–H groups in total. The van der Waals surface area contributed by atoms with Crippen LogP contribution in [0.25, 0.3) is 11.1 Å². The SMILES string of the molecule is CCN(CC)CC(N)c1ccc(-c2ccccc2)cc1. The lowest BCUT2D eigenvalue weighted by Crippen LogP contribution is -2.31. The Hall–Kier alpha value is -1.64. The number of nitrogens with zero attached hydrogens (tertiary/aromatic N) is 1. The van der Waals surface area contributed by atoms with Crippen LogP contribution >= 0.6 is 0 Å². The number of benzene rings is 2. The third-order valence-corrected chi connectivity index (χ3v) is 3.80. The molecule has 2 rings (SSSR count). The molecule has 2 heteroatoms. The maximum atomic E-state index is 6.29. The van der Waals surface area contributed by atoms with E-state index in [0.717, 1.165) is 19.6 Å². The first-order chi connectivity index (χ1) is 9.74. The van der Waals surface area contributed by atoms with Crippen molar-refractivity contribution in [3.8, 4) is 11.1 Å². The molecule has 20 heavy (non-hydrogen) atoms. The van der Waals surface area contributed by atoms with Crippen molar-refractivity contribution in [2.24, 2.45) is 5.73 Å². The average Bonchev–Trinajstić information content (AvgIpc) is 2.53. The Morgan fingerprint density at radius 2 is 1.40 bits per heavy atom. The zero-order valence-corrected chi connectivity index (χ0v) is 12.4. The van der Waals surface area contributed by atoms with Gasteiger partial charge in [0, 0.05) is 12.6 Å². The molecule has 0 saturated carbocycles. The van der Waals surface area contributed by atoms with Crippen LogP contribution in [0.1, 0.15) is 25.5 Å². The minimum Gasteiger partial charge on any atom is -0.323 e. The number of nitrogens with two attached hydrogens (primary N) is 1. The molecule has 1 atom stereocenters. The first-order valence-corrected chi connectivity index (χ1v) is 7.38. The summed E-state index contributed by atoms with van der Waals surface area (Å²) in [7, 11) is 0. The van der Waals surface area contributed by atoms with Gasteiger partial charge in [0.1, 0.15) is 0 Å². The molecule has 0 fully saturated rings. The van der Waals surface area contributed by atoms with Crippen LogP contribution in [-0.4, -0.2) is 24.5 Å². The highest BCUT2D eigenvalue weighted by atomic mass is 15.1. The molecule has 0 radical (unpaired) electrons. The summed E-state index contributed by atoms with van der Waals surface area (Å²) in [6, 6.07) is 19.1. The van der Waals surface area contributed by atoms with Gasteiger partial charge in [0.2, 0.25) is 0 Å². The van der Waals surface area contributed by atoms with E-state index >= 15 is 0 Å². The molecular formula is C18H24N2. The van der Waals surface area contributed by atoms with E-state index in [2.05, 4.69) is 67.3 Å². The van der Waals surface area contributed by atoms with Crippen molar-refractivity contribution in [2.45, 2.75) is 19.9 Å². The summed E-state index contributed by atoms with van der Waals surface area (Å²) in [6.45, 7) is 7.36. The zero-order chi connectivity index (χ0) is 14.4. The third kappa shape index (κ3) is 3.69. The van der Waals surface area contributed by atoms with Gasteiger partial charge in [-0.05, 0) is 29.8 Å². The van der Waals surface area contributed by atoms with Crippen molar-refractivity contribution in [2.75, 3.05) is 19.6 Å². The van der Waals surface area contributed by atoms with Crippen molar-refractivity contribution in [1.82, 2.24) is 4.90 Å². The predicted molar refractivity (Wildman–Crippen MR) is 86.6 cm³/mol. The molecule has 0 aromatic heterocycles. The predicted octanol–water partition coefficient (Wildman–Crippen LogP) is 3.70. The van der Waals surface area contributed by atoms with Gasteiger partial charge in [-0.3, -0.25) is 0 Å². The van der Waals surface area contributed by atoms with Gasteiger partial charge >= 0.3 is 0 Å². The molecular weight excluding hydrogens is 244 g/mol. The maximum Gasteiger partial charge on any atom is 0.0424 e. The van der Waals surface area contributed by atoms with Crippen LogP contribution in [0.2, 0.25) is 0 Å². The molecule has 0 aliphatic rings. The van der Waals surface area contributed by atoms with Gasteiger partial charge < -0.3 is 10.6 Å². The molecule has 0 spiro atoms. The summed E-state index contributed by atoms with van der Waals surface area (Å²) in [5.41, 5.74) is 9.99. The maximum absolute atomic E-state index is 6.29. The Morgan fingerprint density at radius 1 is 0.850 bits per heavy atom. The second kappa shape index (κ2) is 7.22. The minimum atomic E-state index is 0.0831. The van der Waals surface area contributed by atoms with Crippen molar-refractivity contribution in [1.29, 1.82) is 0 Å². The topological polar surface area (TPSA) is 29.3 Å². The van der Waals surface area contributed by atoms with Gasteiger partial charge in [0.05, 0.1) is 0 Å². The summed E-state index contributed by atoms with van der Waals surface area (Å²) in [4.78, 5) is 2.36. The molecule has 0 aliphatic heterocycles. The number of rotatable bonds is 6. The smallest absolute Gasteiger partial charge is 0.0424 e. The van der Waals surface area contributed by atoms with E-state index in [1.807, 2.05) is 6.07 Å². The van der Waals surface area contributed by atoms with E-state index < -0.39 is 0 Å². The minimum absolute atomic E-state index is 0.0831. The van der Waals surface area contributed by atoms with Crippen LogP contribution in [0.5, 0.6) is 0 Å². The fourth-order valence-corrected chi connectivity index (χ4v) is 2.42. The summed E-state index contributed by atoms with van der Waals surface area (Å²) in [5, 5.41) is 0. The van der Waals surface area contributed by atoms with Crippen LogP contribution < -0.4 is 5.73 Å². The van der Waals surface area contributed by atoms with E-state index in [0.29, 0.717) is 0 Å². The lowest BCUT2D eigenvalue weighted by Gasteiger charge is -2.23. The van der Waals surface area contributed by atoms with E-state index in [4.69, 9.17) is 5.73 Å². The van der Waals surface area contributed by atoms with Gasteiger partial charge in [-0.1, -0.05) is 68.4 Å². The normalized spacial score (nSPS) is 12.6. The van der Waals surface area contributed by atoms with E-state index in [-0.39, 0.29) is 6.04 Å². The number of hydrogen-bond donors (Lipinski definition) is 1. The summed E-state index contributed by atoms with van der Waals surface area (Å²) in [6.07, 6.45) is 0. The molecule has 2 aromatic rings. The van der Waals surface area contributed by atoms with Gasteiger partial charge in [0.15, 0.2) is 0 Å². The molecule has 106 valence electrons. The highest BCUT2D eigenvalue weighted by Crippen LogP contribution is 2.21. The Labute approximate surface area is 122 Å². The van der Waals surface area contributed by atoms with Crippen LogP contribution in [-0.2, 0) is 0 Å². The Morgan fingerprint density at radius 3 is 1.95 bits per heavy atom. The molecule has 0 saturated heterocycles. The molecule has 0 bridgehead atoms. The molecule has 0 heterocycles. The third-order valence-electron chi connectivity index (χ3n) is 3.80. The average molecular weight is 268 g/mol. The lowest BCUT2D eigenvalue weighted by atomic mass is 10.0. The van der Waals surface area contributed by atoms with Crippen molar-refractivity contribution < 1.29 is 0 Å². The highest BCUT2D eigenvalue weighted by Gasteiger charge is 2.10. The lowest BCUT2D eigenvalue weighted by molar-refractivity contribution is 0.284. The standard InChI is InChI=1S/C18H24N2/c1-3-20(4-2)14-18(19)17-12-10-16(11-13-17)15-8-6-5-7-9-15/h5-13,18H,3-4,14,19H2,1-2H3. The van der Waals surface area contributed by atoms with Crippen LogP contribution in [0, 0.1) is 0 Å². The Kier molecular flexibility index (Phi) is 5.33. The Balaban J connectivity index is 2.08. The number of likely N-dealkylation sites (N-methyl/N-ethyl adjacent to an activating group) is 1. The molecule has 2 nitrogen and oxygen atoms in total. The van der Waals surface area contributed by atoms with Gasteiger partial charge in [-0.2, -0.15) is 0 Å². The van der Waals surface area contributed by atoms with Gasteiger partial charge in [-0.25, -0.2) is 0 Å². The van der Waals surface area contributed by atoms with Gasteiger partial charge in [0.25, 0.3) is 0 Å². The fraction of sp³-hybridized carbons (Fsp3) is 0.333. The van der Waals surface area contributed by atoms with Crippen molar-refractivity contribution in [3.05, 3.63) is 60.2 Å². The molecule has 0 amide bonds. The number of hydrogen-bond acceptors (Lipinski definition) is 2. The summed E-state index contributed by atoms with van der Waals surface area (Å²) >= 11 is 0. The Bertz CT molecular complexity index is 501. The molecule has 1 unspecified atom stereocenters. The first-order valence-electron chi connectivity index (χ1n) is 7.38. The zero-order valence-electron chi connectivity index (χ0n) is 12.4. The van der Waals surface area contributed by atoms with Crippen LogP contribution in [0.15, 0.2) is 54.6 Å².